The van der Waals surface area contributed by atoms with Crippen molar-refractivity contribution >= 4 is 17.9 Å². The first-order chi connectivity index (χ1) is 10.6. The van der Waals surface area contributed by atoms with E-state index in [0.717, 1.165) is 0 Å². The van der Waals surface area contributed by atoms with Gasteiger partial charge in [-0.3, -0.25) is 4.79 Å². The van der Waals surface area contributed by atoms with E-state index in [9.17, 15) is 9.59 Å². The van der Waals surface area contributed by atoms with Crippen molar-refractivity contribution in [3.05, 3.63) is 18.5 Å². The summed E-state index contributed by atoms with van der Waals surface area (Å²) in [5, 5.41) is 5.37. The van der Waals surface area contributed by atoms with E-state index >= 15 is 0 Å². The van der Waals surface area contributed by atoms with Crippen LogP contribution in [0.25, 0.3) is 0 Å². The Bertz CT molecular complexity index is 499. The van der Waals surface area contributed by atoms with Gasteiger partial charge in [0.15, 0.2) is 0 Å². The lowest BCUT2D eigenvalue weighted by Gasteiger charge is -2.34. The Morgan fingerprint density at radius 1 is 1.18 bits per heavy atom. The Labute approximate surface area is 129 Å². The number of urea groups is 1. The topological polar surface area (TPSA) is 90.5 Å². The third-order valence-electron chi connectivity index (χ3n) is 3.25. The van der Waals surface area contributed by atoms with Gasteiger partial charge in [0.05, 0.1) is 6.54 Å². The van der Waals surface area contributed by atoms with Crippen LogP contribution in [0.3, 0.4) is 0 Å². The minimum Gasteiger partial charge on any atom is -0.352 e. The summed E-state index contributed by atoms with van der Waals surface area (Å²) >= 11 is 0. The van der Waals surface area contributed by atoms with Gasteiger partial charge in [-0.15, -0.1) is 0 Å². The van der Waals surface area contributed by atoms with Crippen LogP contribution in [-0.2, 0) is 4.79 Å². The molecule has 0 atom stereocenters. The zero-order valence-corrected chi connectivity index (χ0v) is 13.0. The van der Waals surface area contributed by atoms with Crippen LogP contribution < -0.4 is 15.5 Å². The highest BCUT2D eigenvalue weighted by molar-refractivity contribution is 5.84. The van der Waals surface area contributed by atoms with E-state index < -0.39 is 0 Å². The molecule has 8 nitrogen and oxygen atoms in total. The summed E-state index contributed by atoms with van der Waals surface area (Å²) < 4.78 is 0. The molecule has 2 heterocycles. The van der Waals surface area contributed by atoms with Gasteiger partial charge in [0.1, 0.15) is 0 Å². The number of hydrogen-bond acceptors (Lipinski definition) is 5. The average molecular weight is 306 g/mol. The number of piperazine rings is 1. The minimum absolute atomic E-state index is 0.000968. The lowest BCUT2D eigenvalue weighted by molar-refractivity contribution is -0.120. The largest absolute Gasteiger partial charge is 0.352 e. The molecule has 0 radical (unpaired) electrons. The first kappa shape index (κ1) is 16.0. The SMILES string of the molecule is CC(C)NC(=O)CNC(=O)N1CCN(c2ncccn2)CC1. The Morgan fingerprint density at radius 3 is 2.41 bits per heavy atom. The third-order valence-corrected chi connectivity index (χ3v) is 3.25. The molecule has 0 spiro atoms. The maximum absolute atomic E-state index is 12.0. The van der Waals surface area contributed by atoms with E-state index in [4.69, 9.17) is 0 Å². The first-order valence-electron chi connectivity index (χ1n) is 7.40. The minimum atomic E-state index is -0.215. The highest BCUT2D eigenvalue weighted by Crippen LogP contribution is 2.09. The summed E-state index contributed by atoms with van der Waals surface area (Å²) in [7, 11) is 0. The second-order valence-corrected chi connectivity index (χ2v) is 5.40. The molecule has 22 heavy (non-hydrogen) atoms. The monoisotopic (exact) mass is 306 g/mol. The number of anilines is 1. The van der Waals surface area contributed by atoms with Crippen LogP contribution >= 0.6 is 0 Å². The smallest absolute Gasteiger partial charge is 0.317 e. The first-order valence-corrected chi connectivity index (χ1v) is 7.40. The van der Waals surface area contributed by atoms with E-state index in [1.165, 1.54) is 0 Å². The maximum atomic E-state index is 12.0. The molecule has 1 aliphatic rings. The number of hydrogen-bond donors (Lipinski definition) is 2. The fourth-order valence-corrected chi connectivity index (χ4v) is 2.20. The van der Waals surface area contributed by atoms with Crippen molar-refractivity contribution < 1.29 is 9.59 Å². The van der Waals surface area contributed by atoms with Crippen LogP contribution in [-0.4, -0.2) is 65.6 Å². The van der Waals surface area contributed by atoms with Crippen LogP contribution in [0.5, 0.6) is 0 Å². The molecule has 1 aliphatic heterocycles. The number of nitrogens with zero attached hydrogens (tertiary/aromatic N) is 4. The lowest BCUT2D eigenvalue weighted by Crippen LogP contribution is -2.53. The normalized spacial score (nSPS) is 14.9. The van der Waals surface area contributed by atoms with Gasteiger partial charge in [-0.1, -0.05) is 0 Å². The number of aromatic nitrogens is 2. The predicted molar refractivity (Wildman–Crippen MR) is 82.5 cm³/mol. The average Bonchev–Trinajstić information content (AvgIpc) is 2.53. The maximum Gasteiger partial charge on any atom is 0.317 e. The number of nitrogens with one attached hydrogen (secondary N) is 2. The number of rotatable bonds is 4. The second-order valence-electron chi connectivity index (χ2n) is 5.40. The van der Waals surface area contributed by atoms with Crippen LogP contribution in [0.4, 0.5) is 10.7 Å². The summed E-state index contributed by atoms with van der Waals surface area (Å²) in [5.41, 5.74) is 0. The Balaban J connectivity index is 1.74. The van der Waals surface area contributed by atoms with Gasteiger partial charge in [0.2, 0.25) is 11.9 Å². The van der Waals surface area contributed by atoms with Crippen molar-refractivity contribution in [3.8, 4) is 0 Å². The fraction of sp³-hybridized carbons (Fsp3) is 0.571. The molecule has 1 fully saturated rings. The summed E-state index contributed by atoms with van der Waals surface area (Å²) in [5.74, 6) is 0.499. The van der Waals surface area contributed by atoms with Crippen molar-refractivity contribution in [3.63, 3.8) is 0 Å². The highest BCUT2D eigenvalue weighted by Gasteiger charge is 2.22. The lowest BCUT2D eigenvalue weighted by atomic mass is 10.3. The Hall–Kier alpha value is -2.38. The molecule has 3 amide bonds. The Morgan fingerprint density at radius 2 is 1.82 bits per heavy atom. The van der Waals surface area contributed by atoms with Crippen LogP contribution in [0.1, 0.15) is 13.8 Å². The highest BCUT2D eigenvalue weighted by atomic mass is 16.2. The van der Waals surface area contributed by atoms with Gasteiger partial charge < -0.3 is 20.4 Å². The van der Waals surface area contributed by atoms with Crippen molar-refractivity contribution in [2.45, 2.75) is 19.9 Å². The molecule has 120 valence electrons. The molecular formula is C14H22N6O2. The number of amides is 3. The van der Waals surface area contributed by atoms with E-state index in [2.05, 4.69) is 20.6 Å². The second kappa shape index (κ2) is 7.58. The molecular weight excluding hydrogens is 284 g/mol. The van der Waals surface area contributed by atoms with Gasteiger partial charge >= 0.3 is 6.03 Å². The zero-order valence-electron chi connectivity index (χ0n) is 13.0. The molecule has 0 unspecified atom stereocenters. The van der Waals surface area contributed by atoms with Crippen LogP contribution in [0, 0.1) is 0 Å². The quantitative estimate of drug-likeness (QED) is 0.806. The molecule has 0 bridgehead atoms. The predicted octanol–water partition coefficient (Wildman–Crippen LogP) is -0.167. The van der Waals surface area contributed by atoms with Crippen LogP contribution in [0.2, 0.25) is 0 Å². The van der Waals surface area contributed by atoms with E-state index in [-0.39, 0.29) is 24.5 Å². The molecule has 0 aliphatic carbocycles. The van der Waals surface area contributed by atoms with Gasteiger partial charge in [0, 0.05) is 44.6 Å². The van der Waals surface area contributed by atoms with Crippen molar-refractivity contribution in [2.75, 3.05) is 37.6 Å². The van der Waals surface area contributed by atoms with Crippen molar-refractivity contribution in [2.24, 2.45) is 0 Å². The Kier molecular flexibility index (Phi) is 5.51. The number of carbonyl (C=O) groups is 2. The summed E-state index contributed by atoms with van der Waals surface area (Å²) in [4.78, 5) is 35.7. The standard InChI is InChI=1S/C14H22N6O2/c1-11(2)18-12(21)10-17-14(22)20-8-6-19(7-9-20)13-15-4-3-5-16-13/h3-5,11H,6-10H2,1-2H3,(H,17,22)(H,18,21). The van der Waals surface area contributed by atoms with Gasteiger partial charge in [0.25, 0.3) is 0 Å². The zero-order chi connectivity index (χ0) is 15.9. The van der Waals surface area contributed by atoms with Crippen molar-refractivity contribution in [1.29, 1.82) is 0 Å². The van der Waals surface area contributed by atoms with Gasteiger partial charge in [-0.25, -0.2) is 14.8 Å². The molecule has 8 heteroatoms. The summed E-state index contributed by atoms with van der Waals surface area (Å²) in [6.07, 6.45) is 3.41. The molecule has 0 aromatic carbocycles. The van der Waals surface area contributed by atoms with Crippen LogP contribution in [0.15, 0.2) is 18.5 Å². The van der Waals surface area contributed by atoms with Gasteiger partial charge in [-0.2, -0.15) is 0 Å². The molecule has 1 aromatic heterocycles. The third kappa shape index (κ3) is 4.57. The molecule has 2 rings (SSSR count). The van der Waals surface area contributed by atoms with Crippen molar-refractivity contribution in [1.82, 2.24) is 25.5 Å². The molecule has 1 saturated heterocycles. The fourth-order valence-electron chi connectivity index (χ4n) is 2.20. The van der Waals surface area contributed by atoms with E-state index in [1.807, 2.05) is 18.7 Å². The van der Waals surface area contributed by atoms with E-state index in [0.29, 0.717) is 32.1 Å². The summed E-state index contributed by atoms with van der Waals surface area (Å²) in [6, 6.07) is 1.63. The molecule has 1 aromatic rings. The molecule has 0 saturated carbocycles. The molecule has 2 N–H and O–H groups in total. The van der Waals surface area contributed by atoms with E-state index in [1.54, 1.807) is 23.4 Å². The summed E-state index contributed by atoms with van der Waals surface area (Å²) in [6.45, 7) is 6.27. The number of carbonyl (C=O) groups excluding carboxylic acids is 2. The van der Waals surface area contributed by atoms with Gasteiger partial charge in [-0.05, 0) is 19.9 Å².